The first-order chi connectivity index (χ1) is 13.7. The number of benzene rings is 1. The largest absolute Gasteiger partial charge is 0.375 e. The predicted octanol–water partition coefficient (Wildman–Crippen LogP) is 4.09. The first kappa shape index (κ1) is 20.3. The second-order valence-corrected chi connectivity index (χ2v) is 7.38. The van der Waals surface area contributed by atoms with Crippen molar-refractivity contribution < 1.29 is 9.66 Å². The third-order valence-corrected chi connectivity index (χ3v) is 5.12. The van der Waals surface area contributed by atoms with Gasteiger partial charge in [-0.15, -0.1) is 0 Å². The number of anilines is 2. The van der Waals surface area contributed by atoms with Crippen molar-refractivity contribution in [1.29, 1.82) is 0 Å². The number of hydrogen-bond acceptors (Lipinski definition) is 8. The van der Waals surface area contributed by atoms with Gasteiger partial charge in [-0.25, -0.2) is 0 Å². The molecule has 1 aromatic carbocycles. The quantitative estimate of drug-likeness (QED) is 0.201. The van der Waals surface area contributed by atoms with E-state index in [0.29, 0.717) is 30.7 Å². The van der Waals surface area contributed by atoms with Gasteiger partial charge in [-0.3, -0.25) is 10.1 Å². The Labute approximate surface area is 168 Å². The Morgan fingerprint density at radius 1 is 1.21 bits per heavy atom. The van der Waals surface area contributed by atoms with Crippen LogP contribution in [0.4, 0.5) is 17.3 Å². The summed E-state index contributed by atoms with van der Waals surface area (Å²) in [4.78, 5) is 19.9. The lowest BCUT2D eigenvalue weighted by molar-refractivity contribution is -0.383. The van der Waals surface area contributed by atoms with Crippen molar-refractivity contribution in [2.75, 3.05) is 30.0 Å². The highest BCUT2D eigenvalue weighted by Gasteiger charge is 2.27. The van der Waals surface area contributed by atoms with Crippen LogP contribution in [-0.2, 0) is 11.3 Å². The minimum Gasteiger partial charge on any atom is -0.375 e. The summed E-state index contributed by atoms with van der Waals surface area (Å²) in [5, 5.41) is 18.5. The molecule has 150 valence electrons. The number of nitrogens with zero attached hydrogens (tertiary/aromatic N) is 3. The number of ether oxygens (including phenoxy) is 1. The van der Waals surface area contributed by atoms with Gasteiger partial charge in [0.1, 0.15) is 0 Å². The maximum atomic E-state index is 11.7. The molecule has 0 atom stereocenters. The Kier molecular flexibility index (Phi) is 7.44. The summed E-state index contributed by atoms with van der Waals surface area (Å²) in [5.41, 5.74) is 0.982. The van der Waals surface area contributed by atoms with E-state index in [2.05, 4.69) is 20.6 Å². The van der Waals surface area contributed by atoms with Gasteiger partial charge in [-0.05, 0) is 24.7 Å². The molecule has 1 fully saturated rings. The first-order valence-corrected chi connectivity index (χ1v) is 10.6. The van der Waals surface area contributed by atoms with Crippen LogP contribution >= 0.6 is 11.8 Å². The fourth-order valence-electron chi connectivity index (χ4n) is 3.19. The Hall–Kier alpha value is -2.39. The van der Waals surface area contributed by atoms with Crippen LogP contribution in [0.2, 0.25) is 0 Å². The molecule has 0 unspecified atom stereocenters. The molecule has 1 heterocycles. The highest BCUT2D eigenvalue weighted by Crippen LogP contribution is 2.34. The Morgan fingerprint density at radius 2 is 1.93 bits per heavy atom. The number of nitro groups is 1. The highest BCUT2D eigenvalue weighted by atomic mass is 32.2. The van der Waals surface area contributed by atoms with Crippen LogP contribution in [0.15, 0.2) is 35.5 Å². The van der Waals surface area contributed by atoms with E-state index in [4.69, 9.17) is 4.74 Å². The molecule has 9 heteroatoms. The van der Waals surface area contributed by atoms with Gasteiger partial charge in [-0.1, -0.05) is 54.9 Å². The summed E-state index contributed by atoms with van der Waals surface area (Å²) in [5.74, 6) is 0.525. The molecule has 0 amide bonds. The molecule has 1 aliphatic rings. The van der Waals surface area contributed by atoms with Gasteiger partial charge in [0.2, 0.25) is 11.6 Å². The van der Waals surface area contributed by atoms with Gasteiger partial charge >= 0.3 is 5.69 Å². The van der Waals surface area contributed by atoms with Crippen LogP contribution in [0.25, 0.3) is 0 Å². The van der Waals surface area contributed by atoms with Crippen molar-refractivity contribution in [2.24, 2.45) is 0 Å². The van der Waals surface area contributed by atoms with E-state index in [1.165, 1.54) is 11.8 Å². The Balaban J connectivity index is 1.65. The molecule has 0 bridgehead atoms. The van der Waals surface area contributed by atoms with Crippen LogP contribution < -0.4 is 10.6 Å². The number of thioether (sulfide) groups is 1. The topological polar surface area (TPSA) is 102 Å². The summed E-state index contributed by atoms with van der Waals surface area (Å²) in [6.45, 7) is 1.33. The molecule has 1 aromatic heterocycles. The average molecular weight is 404 g/mol. The van der Waals surface area contributed by atoms with E-state index in [0.717, 1.165) is 31.2 Å². The van der Waals surface area contributed by atoms with Crippen molar-refractivity contribution >= 4 is 29.1 Å². The lowest BCUT2D eigenvalue weighted by Gasteiger charge is -2.15. The molecule has 2 aromatic rings. The van der Waals surface area contributed by atoms with E-state index >= 15 is 0 Å². The number of rotatable bonds is 10. The molecule has 0 spiro atoms. The van der Waals surface area contributed by atoms with Gasteiger partial charge in [0, 0.05) is 12.6 Å². The number of aromatic nitrogens is 2. The van der Waals surface area contributed by atoms with Crippen LogP contribution in [0.5, 0.6) is 0 Å². The lowest BCUT2D eigenvalue weighted by atomic mass is 10.2. The average Bonchev–Trinajstić information content (AvgIpc) is 3.21. The molecule has 0 aliphatic heterocycles. The van der Waals surface area contributed by atoms with E-state index in [1.54, 1.807) is 0 Å². The van der Waals surface area contributed by atoms with Gasteiger partial charge in [0.25, 0.3) is 0 Å². The van der Waals surface area contributed by atoms with Crippen molar-refractivity contribution in [3.05, 3.63) is 46.0 Å². The number of hydrogen-bond donors (Lipinski definition) is 2. The fraction of sp³-hybridized carbons (Fsp3) is 0.474. The second-order valence-electron chi connectivity index (χ2n) is 6.60. The minimum absolute atomic E-state index is 0.104. The SMILES string of the molecule is CSc1nc(NCCOCc2ccccc2)c([N+](=O)[O-])c(NC2CCCC2)n1. The highest BCUT2D eigenvalue weighted by molar-refractivity contribution is 7.98. The van der Waals surface area contributed by atoms with E-state index < -0.39 is 4.92 Å². The zero-order chi connectivity index (χ0) is 19.8. The van der Waals surface area contributed by atoms with Crippen LogP contribution in [0, 0.1) is 10.1 Å². The monoisotopic (exact) mass is 403 g/mol. The van der Waals surface area contributed by atoms with E-state index in [1.807, 2.05) is 36.6 Å². The van der Waals surface area contributed by atoms with Gasteiger partial charge in [0.15, 0.2) is 5.16 Å². The van der Waals surface area contributed by atoms with Gasteiger partial charge in [-0.2, -0.15) is 9.97 Å². The zero-order valence-corrected chi connectivity index (χ0v) is 16.7. The molecule has 2 N–H and O–H groups in total. The molecular formula is C19H25N5O3S. The molecule has 1 aliphatic carbocycles. The third kappa shape index (κ3) is 5.56. The Morgan fingerprint density at radius 3 is 2.61 bits per heavy atom. The van der Waals surface area contributed by atoms with Crippen LogP contribution in [0.1, 0.15) is 31.2 Å². The van der Waals surface area contributed by atoms with Gasteiger partial charge < -0.3 is 15.4 Å². The smallest absolute Gasteiger partial charge is 0.353 e. The summed E-state index contributed by atoms with van der Waals surface area (Å²) in [6.07, 6.45) is 6.14. The molecule has 28 heavy (non-hydrogen) atoms. The molecular weight excluding hydrogens is 378 g/mol. The number of nitrogens with one attached hydrogen (secondary N) is 2. The molecule has 3 rings (SSSR count). The first-order valence-electron chi connectivity index (χ1n) is 9.40. The maximum Gasteiger partial charge on any atom is 0.353 e. The standard InChI is InChI=1S/C19H25N5O3S/c1-28-19-22-17(20-11-12-27-13-14-7-3-2-4-8-14)16(24(25)26)18(23-19)21-15-9-5-6-10-15/h2-4,7-8,15H,5-6,9-13H2,1H3,(H2,20,21,22,23). The predicted molar refractivity (Wildman–Crippen MR) is 111 cm³/mol. The zero-order valence-electron chi connectivity index (χ0n) is 15.9. The summed E-state index contributed by atoms with van der Waals surface area (Å²) >= 11 is 1.36. The fourth-order valence-corrected chi connectivity index (χ4v) is 3.56. The van der Waals surface area contributed by atoms with Crippen molar-refractivity contribution in [3.8, 4) is 0 Å². The normalized spacial score (nSPS) is 14.2. The minimum atomic E-state index is -0.422. The van der Waals surface area contributed by atoms with Crippen molar-refractivity contribution in [3.63, 3.8) is 0 Å². The lowest BCUT2D eigenvalue weighted by Crippen LogP contribution is -2.19. The molecule has 1 saturated carbocycles. The van der Waals surface area contributed by atoms with E-state index in [-0.39, 0.29) is 17.5 Å². The van der Waals surface area contributed by atoms with E-state index in [9.17, 15) is 10.1 Å². The second kappa shape index (κ2) is 10.2. The van der Waals surface area contributed by atoms with Crippen LogP contribution in [-0.4, -0.2) is 40.3 Å². The molecule has 8 nitrogen and oxygen atoms in total. The molecule has 0 saturated heterocycles. The summed E-state index contributed by atoms with van der Waals surface area (Å²) in [7, 11) is 0. The Bertz CT molecular complexity index is 785. The third-order valence-electron chi connectivity index (χ3n) is 4.58. The maximum absolute atomic E-state index is 11.7. The van der Waals surface area contributed by atoms with Gasteiger partial charge in [0.05, 0.1) is 18.1 Å². The molecule has 0 radical (unpaired) electrons. The van der Waals surface area contributed by atoms with Crippen LogP contribution in [0.3, 0.4) is 0 Å². The van der Waals surface area contributed by atoms with Crippen molar-refractivity contribution in [2.45, 2.75) is 43.5 Å². The summed E-state index contributed by atoms with van der Waals surface area (Å²) < 4.78 is 5.64. The van der Waals surface area contributed by atoms with Crippen molar-refractivity contribution in [1.82, 2.24) is 9.97 Å². The summed E-state index contributed by atoms with van der Waals surface area (Å²) in [6, 6.07) is 10.1.